The average Bonchev–Trinajstić information content (AvgIpc) is 2.98. The number of rotatable bonds is 6. The van der Waals surface area contributed by atoms with E-state index < -0.39 is 30.1 Å². The molecule has 234 valence electrons. The van der Waals surface area contributed by atoms with Crippen molar-refractivity contribution >= 4 is 30.1 Å². The summed E-state index contributed by atoms with van der Waals surface area (Å²) in [5.74, 6) is 0. The molecule has 4 rings (SSSR count). The molecule has 0 aromatic heterocycles. The van der Waals surface area contributed by atoms with Gasteiger partial charge in [0.05, 0.1) is 14.7 Å². The van der Waals surface area contributed by atoms with E-state index in [9.17, 15) is 25.3 Å². The van der Waals surface area contributed by atoms with E-state index in [1.54, 1.807) is 60.7 Å². The summed E-state index contributed by atoms with van der Waals surface area (Å²) >= 11 is 0. The zero-order valence-electron chi connectivity index (χ0n) is 25.0. The molecule has 9 nitrogen and oxygen atoms in total. The Morgan fingerprint density at radius 3 is 0.860 bits per heavy atom. The highest BCUT2D eigenvalue weighted by molar-refractivity contribution is 7.89. The molecule has 1 heterocycles. The van der Waals surface area contributed by atoms with Crippen LogP contribution >= 0.6 is 0 Å². The van der Waals surface area contributed by atoms with Crippen LogP contribution in [0.5, 0.6) is 0 Å². The fourth-order valence-electron chi connectivity index (χ4n) is 5.01. The minimum atomic E-state index is -4.06. The van der Waals surface area contributed by atoms with Crippen LogP contribution in [-0.2, 0) is 30.1 Å². The van der Waals surface area contributed by atoms with Gasteiger partial charge in [0.25, 0.3) is 0 Å². The zero-order valence-corrected chi connectivity index (χ0v) is 27.5. The van der Waals surface area contributed by atoms with Crippen molar-refractivity contribution in [1.29, 1.82) is 0 Å². The monoisotopic (exact) mass is 647 g/mol. The second-order valence-corrected chi connectivity index (χ2v) is 16.9. The van der Waals surface area contributed by atoms with E-state index in [1.165, 1.54) is 25.0 Å². The number of nitrogens with zero attached hydrogens (tertiary/aromatic N) is 3. The van der Waals surface area contributed by atoms with Crippen molar-refractivity contribution in [2.75, 3.05) is 39.3 Å². The molecule has 0 atom stereocenters. The quantitative estimate of drug-likeness (QED) is 0.388. The topological polar surface area (TPSA) is 112 Å². The van der Waals surface area contributed by atoms with Crippen LogP contribution in [0.3, 0.4) is 0 Å². The van der Waals surface area contributed by atoms with Gasteiger partial charge < -0.3 is 0 Å². The van der Waals surface area contributed by atoms with Crippen molar-refractivity contribution in [2.45, 2.75) is 61.1 Å². The predicted octanol–water partition coefficient (Wildman–Crippen LogP) is 4.56. The van der Waals surface area contributed by atoms with Gasteiger partial charge in [0.2, 0.25) is 30.1 Å². The molecular formula is C31H41N3O6S3. The molecule has 43 heavy (non-hydrogen) atoms. The lowest BCUT2D eigenvalue weighted by molar-refractivity contribution is 0.319. The molecule has 1 aliphatic heterocycles. The summed E-state index contributed by atoms with van der Waals surface area (Å²) < 4.78 is 86.5. The molecular weight excluding hydrogens is 607 g/mol. The molecule has 12 heteroatoms. The normalized spacial score (nSPS) is 17.9. The Bertz CT molecular complexity index is 1600. The number of hydrogen-bond donors (Lipinski definition) is 0. The molecule has 0 radical (unpaired) electrons. The molecule has 1 aliphatic rings. The van der Waals surface area contributed by atoms with E-state index in [-0.39, 0.29) is 54.0 Å². The Morgan fingerprint density at radius 1 is 0.372 bits per heavy atom. The Morgan fingerprint density at radius 2 is 0.605 bits per heavy atom. The Kier molecular flexibility index (Phi) is 10.8. The number of sulfonamides is 3. The van der Waals surface area contributed by atoms with Crippen LogP contribution in [0.25, 0.3) is 0 Å². The third-order valence-corrected chi connectivity index (χ3v) is 13.5. The molecule has 0 spiro atoms. The van der Waals surface area contributed by atoms with E-state index >= 15 is 0 Å². The molecule has 0 unspecified atom stereocenters. The van der Waals surface area contributed by atoms with Gasteiger partial charge in [-0.25, -0.2) is 25.3 Å². The van der Waals surface area contributed by atoms with E-state index in [1.807, 2.05) is 20.8 Å². The highest BCUT2D eigenvalue weighted by Gasteiger charge is 2.31. The first-order valence-electron chi connectivity index (χ1n) is 14.5. The Balaban J connectivity index is 1.69. The van der Waals surface area contributed by atoms with Gasteiger partial charge >= 0.3 is 0 Å². The van der Waals surface area contributed by atoms with Gasteiger partial charge in [0, 0.05) is 39.3 Å². The summed E-state index contributed by atoms with van der Waals surface area (Å²) in [6.45, 7) is 5.71. The van der Waals surface area contributed by atoms with Crippen molar-refractivity contribution in [3.63, 3.8) is 0 Å². The summed E-state index contributed by atoms with van der Waals surface area (Å²) in [7, 11) is -11.8. The second kappa shape index (κ2) is 14.0. The lowest BCUT2D eigenvalue weighted by Crippen LogP contribution is -2.45. The molecule has 0 N–H and O–H groups in total. The molecule has 0 saturated carbocycles. The third-order valence-electron chi connectivity index (χ3n) is 7.74. The van der Waals surface area contributed by atoms with Gasteiger partial charge in [-0.15, -0.1) is 0 Å². The van der Waals surface area contributed by atoms with Crippen molar-refractivity contribution in [3.05, 3.63) is 89.5 Å². The van der Waals surface area contributed by atoms with Gasteiger partial charge in [-0.3, -0.25) is 0 Å². The summed E-state index contributed by atoms with van der Waals surface area (Å²) in [5, 5.41) is 0. The highest BCUT2D eigenvalue weighted by Crippen LogP contribution is 2.23. The van der Waals surface area contributed by atoms with Crippen LogP contribution in [-0.4, -0.2) is 77.4 Å². The standard InChI is InChI=1S/C31H41N3O6S3/c1-26-8-14-29(15-9-26)41(35,36)32-20-6-4-5-7-21-33(42(37,38)30-16-10-27(2)11-17-30)23-25-34(24-22-32)43(39,40)31-18-12-28(3)13-19-31/h8-19H,4-7,20-25H2,1-3H3. The van der Waals surface area contributed by atoms with Gasteiger partial charge in [-0.05, 0) is 70.0 Å². The van der Waals surface area contributed by atoms with Gasteiger partial charge in [0.1, 0.15) is 0 Å². The number of benzene rings is 3. The third kappa shape index (κ3) is 8.11. The smallest absolute Gasteiger partial charge is 0.207 e. The van der Waals surface area contributed by atoms with Gasteiger partial charge in [0.15, 0.2) is 0 Å². The number of hydrogen-bond acceptors (Lipinski definition) is 6. The van der Waals surface area contributed by atoms with Crippen molar-refractivity contribution < 1.29 is 25.3 Å². The summed E-state index contributed by atoms with van der Waals surface area (Å²) in [4.78, 5) is 0.389. The SMILES string of the molecule is Cc1ccc(S(=O)(=O)N2CCCCCCN(S(=O)(=O)c3ccc(C)cc3)CCN(S(=O)(=O)c3ccc(C)cc3)CC2)cc1. The number of aryl methyl sites for hydroxylation is 3. The van der Waals surface area contributed by atoms with E-state index in [0.717, 1.165) is 16.7 Å². The first-order chi connectivity index (χ1) is 20.3. The minimum absolute atomic E-state index is 0.0635. The van der Waals surface area contributed by atoms with Crippen LogP contribution in [0.2, 0.25) is 0 Å². The van der Waals surface area contributed by atoms with Crippen molar-refractivity contribution in [2.24, 2.45) is 0 Å². The molecule has 1 saturated heterocycles. The molecule has 0 amide bonds. The van der Waals surface area contributed by atoms with Gasteiger partial charge in [-0.1, -0.05) is 65.9 Å². The predicted molar refractivity (Wildman–Crippen MR) is 168 cm³/mol. The van der Waals surface area contributed by atoms with Crippen molar-refractivity contribution in [3.8, 4) is 0 Å². The maximum atomic E-state index is 13.9. The van der Waals surface area contributed by atoms with E-state index in [4.69, 9.17) is 0 Å². The molecule has 3 aromatic carbocycles. The molecule has 3 aromatic rings. The molecule has 1 fully saturated rings. The largest absolute Gasteiger partial charge is 0.243 e. The summed E-state index contributed by atoms with van der Waals surface area (Å²) in [6.07, 6.45) is 2.56. The lowest BCUT2D eigenvalue weighted by atomic mass is 10.2. The summed E-state index contributed by atoms with van der Waals surface area (Å²) in [5.41, 5.74) is 2.77. The Hall–Kier alpha value is -2.61. The first-order valence-corrected chi connectivity index (χ1v) is 18.8. The van der Waals surface area contributed by atoms with Gasteiger partial charge in [-0.2, -0.15) is 12.9 Å². The Labute approximate surface area is 257 Å². The maximum absolute atomic E-state index is 13.9. The summed E-state index contributed by atoms with van der Waals surface area (Å²) in [6, 6.07) is 19.7. The highest BCUT2D eigenvalue weighted by atomic mass is 32.2. The van der Waals surface area contributed by atoms with Crippen LogP contribution in [0.15, 0.2) is 87.5 Å². The van der Waals surface area contributed by atoms with Crippen LogP contribution < -0.4 is 0 Å². The van der Waals surface area contributed by atoms with E-state index in [2.05, 4.69) is 0 Å². The maximum Gasteiger partial charge on any atom is 0.243 e. The zero-order chi connectivity index (χ0) is 31.3. The second-order valence-electron chi connectivity index (χ2n) is 11.1. The lowest BCUT2D eigenvalue weighted by Gasteiger charge is -2.29. The van der Waals surface area contributed by atoms with E-state index in [0.29, 0.717) is 25.7 Å². The molecule has 0 aliphatic carbocycles. The van der Waals surface area contributed by atoms with Crippen LogP contribution in [0, 0.1) is 20.8 Å². The fourth-order valence-corrected chi connectivity index (χ4v) is 9.37. The fraction of sp³-hybridized carbons (Fsp3) is 0.419. The molecule has 0 bridgehead atoms. The van der Waals surface area contributed by atoms with Crippen LogP contribution in [0.4, 0.5) is 0 Å². The minimum Gasteiger partial charge on any atom is -0.207 e. The average molecular weight is 648 g/mol. The van der Waals surface area contributed by atoms with Crippen LogP contribution in [0.1, 0.15) is 42.4 Å². The first kappa shape index (κ1) is 33.3. The van der Waals surface area contributed by atoms with Crippen molar-refractivity contribution in [1.82, 2.24) is 12.9 Å².